The molecule has 0 unspecified atom stereocenters. The Labute approximate surface area is 302 Å². The Kier molecular flexibility index (Phi) is 16.1. The standard InChI is InChI=1S/C32H44N10O9S/c1-52-9-8-23(29(47)37-14-27(45)39-24(11-18-13-35-16-38-18)31(49)42-25(15-43)32(50)51)41-30(48)22(6-7-26(34)44)40-28(46)20(33)10-17-12-36-21-5-3-2-4-19(17)21/h2-5,12-13,16,20,22-25,36,43H,6-11,14-15,33H2,1H3,(H2,34,44)(H,35,38)(H,37,47)(H,39,45)(H,40,46)(H,41,48)(H,42,49)(H,50,51)/t20-,22-,23+,24+,25-/m1/s1. The number of hydrogen-bond donors (Lipinski definition) is 11. The van der Waals surface area contributed by atoms with E-state index in [1.165, 1.54) is 24.3 Å². The summed E-state index contributed by atoms with van der Waals surface area (Å²) in [7, 11) is 0. The molecule has 2 heterocycles. The zero-order valence-electron chi connectivity index (χ0n) is 28.3. The van der Waals surface area contributed by atoms with Gasteiger partial charge in [-0.05, 0) is 42.9 Å². The van der Waals surface area contributed by atoms with Crippen LogP contribution in [0, 0.1) is 0 Å². The zero-order valence-corrected chi connectivity index (χ0v) is 29.2. The van der Waals surface area contributed by atoms with Gasteiger partial charge in [0.15, 0.2) is 0 Å². The number of aliphatic hydroxyl groups excluding tert-OH is 1. The molecular weight excluding hydrogens is 700 g/mol. The van der Waals surface area contributed by atoms with Gasteiger partial charge in [0.1, 0.15) is 24.2 Å². The molecule has 0 saturated carbocycles. The van der Waals surface area contributed by atoms with Gasteiger partial charge < -0.3 is 58.2 Å². The van der Waals surface area contributed by atoms with E-state index in [0.29, 0.717) is 11.4 Å². The molecule has 0 radical (unpaired) electrons. The number of benzene rings is 1. The van der Waals surface area contributed by atoms with E-state index in [2.05, 4.69) is 41.5 Å². The number of hydrogen-bond acceptors (Lipinski definition) is 11. The average Bonchev–Trinajstić information content (AvgIpc) is 3.79. The van der Waals surface area contributed by atoms with E-state index in [-0.39, 0.29) is 32.1 Å². The largest absolute Gasteiger partial charge is 0.480 e. The first-order chi connectivity index (χ1) is 24.8. The molecule has 0 fully saturated rings. The number of fused-ring (bicyclic) bond motifs is 1. The number of nitrogens with one attached hydrogen (secondary N) is 7. The summed E-state index contributed by atoms with van der Waals surface area (Å²) >= 11 is 1.39. The third-order valence-electron chi connectivity index (χ3n) is 7.86. The highest BCUT2D eigenvalue weighted by Crippen LogP contribution is 2.19. The Balaban J connectivity index is 1.65. The molecule has 20 heteroatoms. The molecule has 52 heavy (non-hydrogen) atoms. The van der Waals surface area contributed by atoms with Gasteiger partial charge in [-0.1, -0.05) is 18.2 Å². The molecule has 3 rings (SSSR count). The van der Waals surface area contributed by atoms with E-state index < -0.39 is 84.8 Å². The van der Waals surface area contributed by atoms with Crippen molar-refractivity contribution in [1.29, 1.82) is 0 Å². The number of carboxylic acid groups (broad SMARTS) is 1. The minimum Gasteiger partial charge on any atom is -0.480 e. The second kappa shape index (κ2) is 20.4. The van der Waals surface area contributed by atoms with Crippen molar-refractivity contribution in [2.45, 2.75) is 62.3 Å². The number of aromatic amines is 2. The first kappa shape index (κ1) is 41.0. The van der Waals surface area contributed by atoms with E-state index >= 15 is 0 Å². The molecule has 6 amide bonds. The minimum atomic E-state index is -1.62. The smallest absolute Gasteiger partial charge is 0.328 e. The Bertz CT molecular complexity index is 1700. The maximum Gasteiger partial charge on any atom is 0.328 e. The SMILES string of the molecule is CSCC[C@H](NC(=O)[C@@H](CCC(N)=O)NC(=O)[C@H](N)Cc1c[nH]c2ccccc12)C(=O)NCC(=O)N[C@@H](Cc1cnc[nH]1)C(=O)N[C@H](CO)C(=O)O. The topological polar surface area (TPSA) is 317 Å². The van der Waals surface area contributed by atoms with Crippen LogP contribution in [0.3, 0.4) is 0 Å². The number of imidazole rings is 1. The monoisotopic (exact) mass is 744 g/mol. The highest BCUT2D eigenvalue weighted by molar-refractivity contribution is 7.98. The number of carbonyl (C=O) groups is 7. The van der Waals surface area contributed by atoms with Crippen LogP contribution in [-0.2, 0) is 46.4 Å². The second-order valence-corrected chi connectivity index (χ2v) is 12.8. The quantitative estimate of drug-likeness (QED) is 0.0496. The van der Waals surface area contributed by atoms with Crippen molar-refractivity contribution in [3.05, 3.63) is 54.2 Å². The van der Waals surface area contributed by atoms with Gasteiger partial charge in [0.05, 0.1) is 25.5 Å². The van der Waals surface area contributed by atoms with Crippen molar-refractivity contribution < 1.29 is 43.8 Å². The summed E-state index contributed by atoms with van der Waals surface area (Å²) in [5, 5.41) is 31.5. The number of thioether (sulfide) groups is 1. The summed E-state index contributed by atoms with van der Waals surface area (Å²) in [6.07, 6.45) is 5.97. The summed E-state index contributed by atoms with van der Waals surface area (Å²) in [5.74, 6) is -5.73. The lowest BCUT2D eigenvalue weighted by atomic mass is 10.0. The number of nitrogens with zero attached hydrogens (tertiary/aromatic N) is 1. The van der Waals surface area contributed by atoms with Gasteiger partial charge in [-0.15, -0.1) is 0 Å². The Morgan fingerprint density at radius 2 is 1.54 bits per heavy atom. The van der Waals surface area contributed by atoms with Crippen LogP contribution in [0.2, 0.25) is 0 Å². The number of H-pyrrole nitrogens is 2. The van der Waals surface area contributed by atoms with Gasteiger partial charge in [0.25, 0.3) is 0 Å². The first-order valence-corrected chi connectivity index (χ1v) is 17.6. The van der Waals surface area contributed by atoms with Crippen molar-refractivity contribution in [2.75, 3.05) is 25.2 Å². The van der Waals surface area contributed by atoms with Crippen LogP contribution < -0.4 is 38.1 Å². The minimum absolute atomic E-state index is 0.125. The third kappa shape index (κ3) is 12.7. The number of aliphatic hydroxyl groups is 1. The van der Waals surface area contributed by atoms with E-state index in [4.69, 9.17) is 11.5 Å². The van der Waals surface area contributed by atoms with E-state index in [1.807, 2.05) is 24.3 Å². The molecule has 0 aliphatic rings. The van der Waals surface area contributed by atoms with E-state index in [9.17, 15) is 43.8 Å². The number of rotatable bonds is 22. The van der Waals surface area contributed by atoms with Crippen LogP contribution in [0.15, 0.2) is 43.0 Å². The maximum atomic E-state index is 13.5. The third-order valence-corrected chi connectivity index (χ3v) is 8.50. The van der Waals surface area contributed by atoms with Crippen molar-refractivity contribution in [1.82, 2.24) is 41.5 Å². The van der Waals surface area contributed by atoms with Gasteiger partial charge in [0, 0.05) is 41.8 Å². The molecule has 13 N–H and O–H groups in total. The van der Waals surface area contributed by atoms with Crippen molar-refractivity contribution in [3.8, 4) is 0 Å². The van der Waals surface area contributed by atoms with Crippen LogP contribution in [0.25, 0.3) is 10.9 Å². The molecule has 0 aliphatic carbocycles. The molecule has 0 bridgehead atoms. The summed E-state index contributed by atoms with van der Waals surface area (Å²) < 4.78 is 0. The average molecular weight is 745 g/mol. The van der Waals surface area contributed by atoms with Crippen molar-refractivity contribution in [3.63, 3.8) is 0 Å². The fourth-order valence-electron chi connectivity index (χ4n) is 5.06. The number of aliphatic carboxylic acids is 1. The van der Waals surface area contributed by atoms with Gasteiger partial charge >= 0.3 is 5.97 Å². The molecule has 3 aromatic rings. The molecule has 282 valence electrons. The number of amides is 6. The summed E-state index contributed by atoms with van der Waals surface area (Å²) in [6, 6.07) is 1.01. The molecule has 2 aromatic heterocycles. The molecule has 0 saturated heterocycles. The Morgan fingerprint density at radius 3 is 2.19 bits per heavy atom. The fourth-order valence-corrected chi connectivity index (χ4v) is 5.53. The highest BCUT2D eigenvalue weighted by atomic mass is 32.2. The van der Waals surface area contributed by atoms with Gasteiger partial charge in [-0.2, -0.15) is 11.8 Å². The number of primary amides is 1. The van der Waals surface area contributed by atoms with Gasteiger partial charge in [-0.25, -0.2) is 9.78 Å². The van der Waals surface area contributed by atoms with Gasteiger partial charge in [-0.3, -0.25) is 28.8 Å². The lowest BCUT2D eigenvalue weighted by Crippen LogP contribution is -2.57. The fraction of sp³-hybridized carbons (Fsp3) is 0.438. The molecule has 1 aromatic carbocycles. The van der Waals surface area contributed by atoms with Crippen molar-refractivity contribution >= 4 is 64.1 Å². The van der Waals surface area contributed by atoms with E-state index in [1.54, 1.807) is 12.5 Å². The molecule has 5 atom stereocenters. The Morgan fingerprint density at radius 1 is 0.865 bits per heavy atom. The van der Waals surface area contributed by atoms with Crippen molar-refractivity contribution in [2.24, 2.45) is 11.5 Å². The molecular formula is C32H44N10O9S. The van der Waals surface area contributed by atoms with Crippen LogP contribution >= 0.6 is 11.8 Å². The maximum absolute atomic E-state index is 13.5. The van der Waals surface area contributed by atoms with Crippen LogP contribution in [0.5, 0.6) is 0 Å². The number of para-hydroxylation sites is 1. The normalized spacial score (nSPS) is 13.9. The van der Waals surface area contributed by atoms with E-state index in [0.717, 1.165) is 16.5 Å². The summed E-state index contributed by atoms with van der Waals surface area (Å²) in [4.78, 5) is 98.1. The predicted octanol–water partition coefficient (Wildman–Crippen LogP) is -2.85. The lowest BCUT2D eigenvalue weighted by Gasteiger charge is -2.24. The van der Waals surface area contributed by atoms with Crippen LogP contribution in [-0.4, -0.2) is 122 Å². The zero-order chi connectivity index (χ0) is 38.2. The summed E-state index contributed by atoms with van der Waals surface area (Å²) in [6.45, 7) is -1.53. The number of carboxylic acids is 1. The van der Waals surface area contributed by atoms with Gasteiger partial charge in [0.2, 0.25) is 35.4 Å². The number of aromatic nitrogens is 3. The first-order valence-electron chi connectivity index (χ1n) is 16.2. The molecule has 0 spiro atoms. The van der Waals surface area contributed by atoms with Crippen LogP contribution in [0.4, 0.5) is 0 Å². The Hall–Kier alpha value is -5.47. The van der Waals surface area contributed by atoms with Crippen LogP contribution in [0.1, 0.15) is 30.5 Å². The predicted molar refractivity (Wildman–Crippen MR) is 189 cm³/mol. The molecule has 0 aliphatic heterocycles. The highest BCUT2D eigenvalue weighted by Gasteiger charge is 2.30. The lowest BCUT2D eigenvalue weighted by molar-refractivity contribution is -0.143. The number of nitrogens with two attached hydrogens (primary N) is 2. The number of carbonyl (C=O) groups excluding carboxylic acids is 6. The summed E-state index contributed by atoms with van der Waals surface area (Å²) in [5.41, 5.74) is 13.6. The molecule has 19 nitrogen and oxygen atoms in total. The second-order valence-electron chi connectivity index (χ2n) is 11.8.